The quantitative estimate of drug-likeness (QED) is 0.625. The zero-order chi connectivity index (χ0) is 18.5. The smallest absolute Gasteiger partial charge is 0.258 e. The Morgan fingerprint density at radius 3 is 2.58 bits per heavy atom. The van der Waals surface area contributed by atoms with Crippen LogP contribution in [-0.2, 0) is 11.2 Å². The van der Waals surface area contributed by atoms with Crippen molar-refractivity contribution in [1.82, 2.24) is 9.97 Å². The highest BCUT2D eigenvalue weighted by Gasteiger charge is 2.11. The molecule has 2 heterocycles. The molecule has 0 unspecified atom stereocenters. The first-order valence-electron chi connectivity index (χ1n) is 7.49. The first kappa shape index (κ1) is 17.8. The van der Waals surface area contributed by atoms with E-state index in [-0.39, 0.29) is 17.9 Å². The number of aromatic amines is 1. The first-order valence-corrected chi connectivity index (χ1v) is 8.75. The van der Waals surface area contributed by atoms with Gasteiger partial charge in [0, 0.05) is 28.4 Å². The van der Waals surface area contributed by atoms with Crippen LogP contribution in [0.2, 0.25) is 5.02 Å². The Hall–Kier alpha value is -2.97. The summed E-state index contributed by atoms with van der Waals surface area (Å²) in [5, 5.41) is 8.03. The van der Waals surface area contributed by atoms with Gasteiger partial charge in [-0.2, -0.15) is 0 Å². The van der Waals surface area contributed by atoms with E-state index < -0.39 is 5.91 Å². The van der Waals surface area contributed by atoms with Gasteiger partial charge in [0.1, 0.15) is 0 Å². The second kappa shape index (κ2) is 7.94. The third-order valence-electron chi connectivity index (χ3n) is 3.29. The molecule has 0 saturated carbocycles. The molecular weight excluding hydrogens is 376 g/mol. The van der Waals surface area contributed by atoms with Crippen molar-refractivity contribution in [3.05, 3.63) is 74.6 Å². The normalized spacial score (nSPS) is 10.3. The number of aromatic nitrogens is 2. The van der Waals surface area contributed by atoms with Gasteiger partial charge in [0.15, 0.2) is 5.13 Å². The zero-order valence-corrected chi connectivity index (χ0v) is 14.9. The van der Waals surface area contributed by atoms with Crippen molar-refractivity contribution >= 4 is 45.6 Å². The minimum absolute atomic E-state index is 0.0770. The van der Waals surface area contributed by atoms with E-state index in [9.17, 15) is 14.4 Å². The van der Waals surface area contributed by atoms with Crippen LogP contribution in [0, 0.1) is 0 Å². The molecule has 0 atom stereocenters. The number of carbonyl (C=O) groups is 2. The summed E-state index contributed by atoms with van der Waals surface area (Å²) in [6.07, 6.45) is 1.40. The molecule has 2 aromatic heterocycles. The molecule has 9 heteroatoms. The van der Waals surface area contributed by atoms with E-state index in [1.807, 2.05) is 0 Å². The molecule has 0 fully saturated rings. The average Bonchev–Trinajstić information content (AvgIpc) is 3.04. The van der Waals surface area contributed by atoms with Gasteiger partial charge in [-0.05, 0) is 30.3 Å². The van der Waals surface area contributed by atoms with E-state index in [0.29, 0.717) is 27.1 Å². The average molecular weight is 389 g/mol. The number of halogens is 1. The molecule has 0 aliphatic heterocycles. The van der Waals surface area contributed by atoms with Crippen molar-refractivity contribution in [2.45, 2.75) is 6.42 Å². The number of carbonyl (C=O) groups excluding carboxylic acids is 2. The van der Waals surface area contributed by atoms with Crippen molar-refractivity contribution in [2.24, 2.45) is 0 Å². The number of amides is 2. The predicted octanol–water partition coefficient (Wildman–Crippen LogP) is 2.92. The van der Waals surface area contributed by atoms with Crippen LogP contribution in [0.3, 0.4) is 0 Å². The predicted molar refractivity (Wildman–Crippen MR) is 101 cm³/mol. The number of hydrogen-bond acceptors (Lipinski definition) is 5. The minimum atomic E-state index is -0.396. The van der Waals surface area contributed by atoms with Crippen LogP contribution in [0.5, 0.6) is 0 Å². The largest absolute Gasteiger partial charge is 0.328 e. The van der Waals surface area contributed by atoms with E-state index in [1.165, 1.54) is 29.7 Å². The second-order valence-corrected chi connectivity index (χ2v) is 6.57. The molecule has 0 spiro atoms. The summed E-state index contributed by atoms with van der Waals surface area (Å²) in [5.74, 6) is -0.621. The van der Waals surface area contributed by atoms with Gasteiger partial charge in [0.2, 0.25) is 11.5 Å². The number of H-pyrrole nitrogens is 1. The first-order chi connectivity index (χ1) is 12.5. The molecular formula is C17H13ClN4O3S. The van der Waals surface area contributed by atoms with Crippen molar-refractivity contribution in [3.63, 3.8) is 0 Å². The number of benzene rings is 1. The molecule has 1 aromatic carbocycles. The number of rotatable bonds is 5. The van der Waals surface area contributed by atoms with Gasteiger partial charge in [-0.1, -0.05) is 11.6 Å². The Bertz CT molecular complexity index is 977. The second-order valence-electron chi connectivity index (χ2n) is 5.27. The Labute approximate surface area is 157 Å². The molecule has 0 radical (unpaired) electrons. The lowest BCUT2D eigenvalue weighted by Crippen LogP contribution is -2.15. The van der Waals surface area contributed by atoms with E-state index in [1.54, 1.807) is 29.6 Å². The van der Waals surface area contributed by atoms with Crippen molar-refractivity contribution in [3.8, 4) is 0 Å². The van der Waals surface area contributed by atoms with E-state index >= 15 is 0 Å². The van der Waals surface area contributed by atoms with Gasteiger partial charge >= 0.3 is 0 Å². The number of pyridine rings is 1. The summed E-state index contributed by atoms with van der Waals surface area (Å²) in [7, 11) is 0. The zero-order valence-electron chi connectivity index (χ0n) is 13.3. The summed E-state index contributed by atoms with van der Waals surface area (Å²) in [6, 6.07) is 9.47. The van der Waals surface area contributed by atoms with Crippen molar-refractivity contribution < 1.29 is 9.59 Å². The Kier molecular flexibility index (Phi) is 5.45. The Balaban J connectivity index is 1.58. The van der Waals surface area contributed by atoms with Crippen LogP contribution in [0.4, 0.5) is 10.8 Å². The molecule has 3 N–H and O–H groups in total. The highest BCUT2D eigenvalue weighted by atomic mass is 35.5. The third kappa shape index (κ3) is 4.78. The third-order valence-corrected chi connectivity index (χ3v) is 4.35. The van der Waals surface area contributed by atoms with Crippen LogP contribution >= 0.6 is 22.9 Å². The highest BCUT2D eigenvalue weighted by Crippen LogP contribution is 2.18. The fourth-order valence-electron chi connectivity index (χ4n) is 2.07. The molecule has 7 nitrogen and oxygen atoms in total. The molecule has 0 aliphatic rings. The maximum Gasteiger partial charge on any atom is 0.258 e. The molecule has 2 amide bonds. The van der Waals surface area contributed by atoms with Gasteiger partial charge < -0.3 is 10.3 Å². The van der Waals surface area contributed by atoms with E-state index in [0.717, 1.165) is 0 Å². The van der Waals surface area contributed by atoms with Crippen LogP contribution in [0.25, 0.3) is 0 Å². The molecule has 3 rings (SSSR count). The minimum Gasteiger partial charge on any atom is -0.328 e. The lowest BCUT2D eigenvalue weighted by atomic mass is 10.3. The Morgan fingerprint density at radius 2 is 1.88 bits per heavy atom. The van der Waals surface area contributed by atoms with Gasteiger partial charge in [-0.25, -0.2) is 4.98 Å². The molecule has 3 aromatic rings. The highest BCUT2D eigenvalue weighted by molar-refractivity contribution is 7.14. The number of nitrogens with zero attached hydrogens (tertiary/aromatic N) is 1. The maximum atomic E-state index is 12.1. The summed E-state index contributed by atoms with van der Waals surface area (Å²) in [5.41, 5.74) is 1.20. The van der Waals surface area contributed by atoms with Crippen LogP contribution < -0.4 is 16.2 Å². The molecule has 0 aliphatic carbocycles. The standard InChI is InChI=1S/C17H13ClN4O3S/c18-11-2-4-12(5-3-11)20-15(24)7-13-9-26-17(21-13)22-16(25)10-1-6-14(23)19-8-10/h1-6,8-9H,7H2,(H,19,23)(H,20,24)(H,21,22,25). The molecule has 132 valence electrons. The molecule has 26 heavy (non-hydrogen) atoms. The molecule has 0 saturated heterocycles. The lowest BCUT2D eigenvalue weighted by molar-refractivity contribution is -0.115. The summed E-state index contributed by atoms with van der Waals surface area (Å²) in [6.45, 7) is 0. The van der Waals surface area contributed by atoms with Crippen LogP contribution in [0.1, 0.15) is 16.1 Å². The number of anilines is 2. The summed E-state index contributed by atoms with van der Waals surface area (Å²) in [4.78, 5) is 41.8. The fourth-order valence-corrected chi connectivity index (χ4v) is 2.90. The van der Waals surface area contributed by atoms with Gasteiger partial charge in [0.25, 0.3) is 5.91 Å². The van der Waals surface area contributed by atoms with Gasteiger partial charge in [0.05, 0.1) is 17.7 Å². The van der Waals surface area contributed by atoms with Crippen LogP contribution in [-0.4, -0.2) is 21.8 Å². The van der Waals surface area contributed by atoms with Gasteiger partial charge in [-0.3, -0.25) is 19.7 Å². The van der Waals surface area contributed by atoms with E-state index in [4.69, 9.17) is 11.6 Å². The number of thiazole rings is 1. The number of nitrogens with one attached hydrogen (secondary N) is 3. The van der Waals surface area contributed by atoms with Gasteiger partial charge in [-0.15, -0.1) is 11.3 Å². The van der Waals surface area contributed by atoms with Crippen LogP contribution in [0.15, 0.2) is 52.8 Å². The SMILES string of the molecule is O=C(Cc1csc(NC(=O)c2ccc(=O)[nH]c2)n1)Nc1ccc(Cl)cc1. The summed E-state index contributed by atoms with van der Waals surface area (Å²) < 4.78 is 0. The van der Waals surface area contributed by atoms with Crippen molar-refractivity contribution in [2.75, 3.05) is 10.6 Å². The topological polar surface area (TPSA) is 104 Å². The fraction of sp³-hybridized carbons (Fsp3) is 0.0588. The molecule has 0 bridgehead atoms. The van der Waals surface area contributed by atoms with Crippen molar-refractivity contribution in [1.29, 1.82) is 0 Å². The monoisotopic (exact) mass is 388 g/mol. The maximum absolute atomic E-state index is 12.1. The number of hydrogen-bond donors (Lipinski definition) is 3. The summed E-state index contributed by atoms with van der Waals surface area (Å²) >= 11 is 7.01. The lowest BCUT2D eigenvalue weighted by Gasteiger charge is -2.04. The Morgan fingerprint density at radius 1 is 1.12 bits per heavy atom. The van der Waals surface area contributed by atoms with E-state index in [2.05, 4.69) is 20.6 Å².